The van der Waals surface area contributed by atoms with Gasteiger partial charge < -0.3 is 14.2 Å². The van der Waals surface area contributed by atoms with Gasteiger partial charge in [-0.1, -0.05) is 53.2 Å². The molecule has 0 spiro atoms. The molecule has 4 aromatic rings. The normalized spacial score (nSPS) is 10.9. The molecule has 7 nitrogen and oxygen atoms in total. The van der Waals surface area contributed by atoms with Gasteiger partial charge in [0.1, 0.15) is 17.2 Å². The molecule has 0 aliphatic carbocycles. The third-order valence-electron chi connectivity index (χ3n) is 5.22. The number of hydrogen-bond donors (Lipinski definition) is 1. The van der Waals surface area contributed by atoms with Crippen LogP contribution in [0, 0.1) is 0 Å². The Labute approximate surface area is 223 Å². The molecule has 8 heteroatoms. The number of esters is 1. The highest BCUT2D eigenvalue weighted by atomic mass is 79.9. The molecule has 0 fully saturated rings. The maximum Gasteiger partial charge on any atom is 0.343 e. The quantitative estimate of drug-likeness (QED) is 0.109. The molecular formula is C29H25BrN2O5. The summed E-state index contributed by atoms with van der Waals surface area (Å²) in [5, 5.41) is 6.11. The van der Waals surface area contributed by atoms with Gasteiger partial charge in [0.15, 0.2) is 6.61 Å². The molecule has 0 aromatic heterocycles. The zero-order chi connectivity index (χ0) is 26.0. The van der Waals surface area contributed by atoms with Crippen LogP contribution in [0.5, 0.6) is 17.2 Å². The van der Waals surface area contributed by atoms with E-state index in [4.69, 9.17) is 14.2 Å². The summed E-state index contributed by atoms with van der Waals surface area (Å²) in [5.41, 5.74) is 3.31. The summed E-state index contributed by atoms with van der Waals surface area (Å²) in [6, 6.07) is 25.4. The lowest BCUT2D eigenvalue weighted by molar-refractivity contribution is -0.123. The SMILES string of the molecule is CCCOc1ccc(C(=O)Oc2ccc(Br)cc2/C=N/NC(=O)COc2ccc3ccccc3c2)cc1. The van der Waals surface area contributed by atoms with Gasteiger partial charge in [-0.3, -0.25) is 4.79 Å². The van der Waals surface area contributed by atoms with Gasteiger partial charge in [-0.05, 0) is 71.8 Å². The second kappa shape index (κ2) is 12.7. The average molecular weight is 561 g/mol. The van der Waals surface area contributed by atoms with Crippen LogP contribution in [0.15, 0.2) is 94.5 Å². The molecule has 1 N–H and O–H groups in total. The molecule has 0 heterocycles. The number of halogens is 1. The Bertz CT molecular complexity index is 1420. The number of carbonyl (C=O) groups is 2. The number of hydrogen-bond acceptors (Lipinski definition) is 6. The van der Waals surface area contributed by atoms with Crippen LogP contribution in [0.25, 0.3) is 10.8 Å². The van der Waals surface area contributed by atoms with E-state index in [9.17, 15) is 9.59 Å². The van der Waals surface area contributed by atoms with E-state index in [0.717, 1.165) is 21.7 Å². The number of benzene rings is 4. The molecule has 0 atom stereocenters. The molecule has 1 amide bonds. The molecule has 4 aromatic carbocycles. The van der Waals surface area contributed by atoms with Crippen molar-refractivity contribution in [3.05, 3.63) is 101 Å². The van der Waals surface area contributed by atoms with Crippen molar-refractivity contribution in [2.75, 3.05) is 13.2 Å². The second-order valence-electron chi connectivity index (χ2n) is 8.04. The predicted octanol–water partition coefficient (Wildman–Crippen LogP) is 6.14. The summed E-state index contributed by atoms with van der Waals surface area (Å²) in [6.07, 6.45) is 2.30. The van der Waals surface area contributed by atoms with Crippen molar-refractivity contribution in [2.45, 2.75) is 13.3 Å². The number of fused-ring (bicyclic) bond motifs is 1. The maximum absolute atomic E-state index is 12.7. The Morgan fingerprint density at radius 1 is 0.892 bits per heavy atom. The number of rotatable bonds is 10. The first kappa shape index (κ1) is 25.9. The van der Waals surface area contributed by atoms with Crippen molar-refractivity contribution in [1.29, 1.82) is 0 Å². The first-order chi connectivity index (χ1) is 18.0. The highest BCUT2D eigenvalue weighted by Crippen LogP contribution is 2.24. The second-order valence-corrected chi connectivity index (χ2v) is 8.95. The first-order valence-electron chi connectivity index (χ1n) is 11.7. The highest BCUT2D eigenvalue weighted by molar-refractivity contribution is 9.10. The summed E-state index contributed by atoms with van der Waals surface area (Å²) in [7, 11) is 0. The predicted molar refractivity (Wildman–Crippen MR) is 147 cm³/mol. The summed E-state index contributed by atoms with van der Waals surface area (Å²) in [6.45, 7) is 2.43. The third kappa shape index (κ3) is 7.41. The van der Waals surface area contributed by atoms with Crippen molar-refractivity contribution in [2.24, 2.45) is 5.10 Å². The van der Waals surface area contributed by atoms with E-state index in [-0.39, 0.29) is 6.61 Å². The van der Waals surface area contributed by atoms with Gasteiger partial charge in [-0.25, -0.2) is 10.2 Å². The number of amides is 1. The van der Waals surface area contributed by atoms with Gasteiger partial charge in [-0.2, -0.15) is 5.10 Å². The minimum atomic E-state index is -0.521. The molecule has 0 aliphatic heterocycles. The molecule has 0 aliphatic rings. The fourth-order valence-corrected chi connectivity index (χ4v) is 3.77. The molecule has 0 unspecified atom stereocenters. The van der Waals surface area contributed by atoms with Crippen LogP contribution in [0.1, 0.15) is 29.3 Å². The molecule has 188 valence electrons. The van der Waals surface area contributed by atoms with Crippen molar-refractivity contribution in [3.63, 3.8) is 0 Å². The lowest BCUT2D eigenvalue weighted by Gasteiger charge is -2.09. The average Bonchev–Trinajstić information content (AvgIpc) is 2.92. The molecule has 37 heavy (non-hydrogen) atoms. The molecule has 0 saturated carbocycles. The number of carbonyl (C=O) groups excluding carboxylic acids is 2. The first-order valence-corrected chi connectivity index (χ1v) is 12.5. The lowest BCUT2D eigenvalue weighted by Crippen LogP contribution is -2.24. The summed E-state index contributed by atoms with van der Waals surface area (Å²) in [4.78, 5) is 24.9. The van der Waals surface area contributed by atoms with Crippen LogP contribution < -0.4 is 19.6 Å². The molecule has 0 radical (unpaired) electrons. The maximum atomic E-state index is 12.7. The van der Waals surface area contributed by atoms with Gasteiger partial charge in [0, 0.05) is 10.0 Å². The Morgan fingerprint density at radius 2 is 1.65 bits per heavy atom. The fourth-order valence-electron chi connectivity index (χ4n) is 3.39. The highest BCUT2D eigenvalue weighted by Gasteiger charge is 2.12. The van der Waals surface area contributed by atoms with Crippen LogP contribution in [0.3, 0.4) is 0 Å². The van der Waals surface area contributed by atoms with E-state index < -0.39 is 11.9 Å². The zero-order valence-electron chi connectivity index (χ0n) is 20.1. The number of nitrogens with zero attached hydrogens (tertiary/aromatic N) is 1. The van der Waals surface area contributed by atoms with Crippen molar-refractivity contribution >= 4 is 44.8 Å². The Hall–Kier alpha value is -4.17. The van der Waals surface area contributed by atoms with Crippen LogP contribution in [-0.4, -0.2) is 31.3 Å². The van der Waals surface area contributed by atoms with Gasteiger partial charge in [0.05, 0.1) is 18.4 Å². The minimum absolute atomic E-state index is 0.200. The standard InChI is InChI=1S/C29H25BrN2O5/c1-2-15-35-25-11-8-21(9-12-25)29(34)37-27-14-10-24(30)16-23(27)18-31-32-28(33)19-36-26-13-7-20-5-3-4-6-22(20)17-26/h3-14,16-18H,2,15,19H2,1H3,(H,32,33)/b31-18+. The van der Waals surface area contributed by atoms with Crippen molar-refractivity contribution in [3.8, 4) is 17.2 Å². The monoisotopic (exact) mass is 560 g/mol. The molecular weight excluding hydrogens is 536 g/mol. The van der Waals surface area contributed by atoms with Crippen LogP contribution in [0.4, 0.5) is 0 Å². The van der Waals surface area contributed by atoms with Gasteiger partial charge in [-0.15, -0.1) is 0 Å². The van der Waals surface area contributed by atoms with E-state index in [1.807, 2.05) is 49.4 Å². The van der Waals surface area contributed by atoms with Crippen molar-refractivity contribution < 1.29 is 23.8 Å². The topological polar surface area (TPSA) is 86.2 Å². The van der Waals surface area contributed by atoms with Gasteiger partial charge in [0.25, 0.3) is 5.91 Å². The van der Waals surface area contributed by atoms with Crippen molar-refractivity contribution in [1.82, 2.24) is 5.43 Å². The Balaban J connectivity index is 1.34. The zero-order valence-corrected chi connectivity index (χ0v) is 21.7. The van der Waals surface area contributed by atoms with E-state index in [0.29, 0.717) is 35.0 Å². The number of hydrazone groups is 1. The Morgan fingerprint density at radius 3 is 2.43 bits per heavy atom. The minimum Gasteiger partial charge on any atom is -0.494 e. The van der Waals surface area contributed by atoms with Gasteiger partial charge >= 0.3 is 5.97 Å². The largest absolute Gasteiger partial charge is 0.494 e. The molecule has 4 rings (SSSR count). The summed E-state index contributed by atoms with van der Waals surface area (Å²) >= 11 is 3.40. The fraction of sp³-hybridized carbons (Fsp3) is 0.138. The molecule has 0 bridgehead atoms. The van der Waals surface area contributed by atoms with E-state index >= 15 is 0 Å². The van der Waals surface area contributed by atoms with Crippen LogP contribution in [0.2, 0.25) is 0 Å². The lowest BCUT2D eigenvalue weighted by atomic mass is 10.1. The third-order valence-corrected chi connectivity index (χ3v) is 5.71. The van der Waals surface area contributed by atoms with Crippen LogP contribution >= 0.6 is 15.9 Å². The van der Waals surface area contributed by atoms with E-state index in [2.05, 4.69) is 26.5 Å². The van der Waals surface area contributed by atoms with Crippen LogP contribution in [-0.2, 0) is 4.79 Å². The van der Waals surface area contributed by atoms with E-state index in [1.165, 1.54) is 6.21 Å². The molecule has 0 saturated heterocycles. The summed E-state index contributed by atoms with van der Waals surface area (Å²) in [5.74, 6) is 0.624. The van der Waals surface area contributed by atoms with Gasteiger partial charge in [0.2, 0.25) is 0 Å². The Kier molecular flexibility index (Phi) is 8.89. The number of nitrogens with one attached hydrogen (secondary N) is 1. The van der Waals surface area contributed by atoms with E-state index in [1.54, 1.807) is 42.5 Å². The number of ether oxygens (including phenoxy) is 3. The summed E-state index contributed by atoms with van der Waals surface area (Å²) < 4.78 is 17.5. The smallest absolute Gasteiger partial charge is 0.343 e.